The van der Waals surface area contributed by atoms with Gasteiger partial charge in [0, 0.05) is 25.2 Å². The quantitative estimate of drug-likeness (QED) is 0.602. The number of amides is 2. The zero-order valence-electron chi connectivity index (χ0n) is 14.6. The van der Waals surface area contributed by atoms with Gasteiger partial charge in [0.05, 0.1) is 17.9 Å². The molecule has 2 heterocycles. The molecule has 0 spiro atoms. The first-order valence-electron chi connectivity index (χ1n) is 8.85. The maximum atomic E-state index is 11.9. The van der Waals surface area contributed by atoms with E-state index in [4.69, 9.17) is 16.7 Å². The number of hydrogen-bond donors (Lipinski definition) is 4. The van der Waals surface area contributed by atoms with Crippen LogP contribution in [0.1, 0.15) is 32.1 Å². The number of halogens is 1. The van der Waals surface area contributed by atoms with E-state index >= 15 is 0 Å². The van der Waals surface area contributed by atoms with Crippen LogP contribution < -0.4 is 15.8 Å². The fourth-order valence-corrected chi connectivity index (χ4v) is 4.28. The molecule has 0 aromatic carbocycles. The molecule has 1 atom stereocenters. The maximum Gasteiger partial charge on any atom is 0.407 e. The van der Waals surface area contributed by atoms with Gasteiger partial charge in [-0.05, 0) is 32.1 Å². The van der Waals surface area contributed by atoms with Gasteiger partial charge in [-0.3, -0.25) is 4.79 Å². The lowest BCUT2D eigenvalue weighted by Gasteiger charge is -2.38. The number of carboxylic acid groups (broad SMARTS) is 2. The molecule has 0 radical (unpaired) electrons. The maximum absolute atomic E-state index is 11.9. The number of aromatic nitrogens is 2. The third kappa shape index (κ3) is 4.26. The van der Waals surface area contributed by atoms with Gasteiger partial charge in [0.1, 0.15) is 5.02 Å². The smallest absolute Gasteiger partial charge is 0.407 e. The minimum atomic E-state index is -1.05. The highest BCUT2D eigenvalue weighted by atomic mass is 35.5. The van der Waals surface area contributed by atoms with E-state index in [1.807, 2.05) is 4.90 Å². The van der Waals surface area contributed by atoms with Gasteiger partial charge in [-0.25, -0.2) is 14.7 Å². The molecule has 2 aliphatic rings. The standard InChI is InChI=1S/C16H22ClN5O5/c17-13-12(7-18-20-14(13)23)21-6-5-11(8-21)22(16(26)27)10-3-1-9(2-4-10)19-15(24)25/h7,9-11,19H,1-6,8H2,(H,20,23)(H,24,25)(H,26,27). The average molecular weight is 400 g/mol. The van der Waals surface area contributed by atoms with Crippen LogP contribution in [0.2, 0.25) is 5.02 Å². The zero-order valence-corrected chi connectivity index (χ0v) is 15.4. The Balaban J connectivity index is 1.67. The topological polar surface area (TPSA) is 139 Å². The zero-order chi connectivity index (χ0) is 19.6. The summed E-state index contributed by atoms with van der Waals surface area (Å²) < 4.78 is 0. The van der Waals surface area contributed by atoms with Crippen molar-refractivity contribution in [2.75, 3.05) is 18.0 Å². The van der Waals surface area contributed by atoms with Crippen LogP contribution >= 0.6 is 11.6 Å². The van der Waals surface area contributed by atoms with E-state index in [2.05, 4.69) is 15.5 Å². The summed E-state index contributed by atoms with van der Waals surface area (Å²) in [6.45, 7) is 1.01. The van der Waals surface area contributed by atoms with Crippen molar-refractivity contribution in [1.82, 2.24) is 20.4 Å². The first-order valence-corrected chi connectivity index (χ1v) is 9.23. The van der Waals surface area contributed by atoms with Gasteiger partial charge < -0.3 is 25.3 Å². The van der Waals surface area contributed by atoms with Crippen molar-refractivity contribution < 1.29 is 19.8 Å². The molecule has 1 aromatic heterocycles. The predicted octanol–water partition coefficient (Wildman–Crippen LogP) is 1.56. The summed E-state index contributed by atoms with van der Waals surface area (Å²) in [6, 6.07) is -0.491. The number of rotatable bonds is 4. The molecule has 4 N–H and O–H groups in total. The second-order valence-electron chi connectivity index (χ2n) is 6.93. The largest absolute Gasteiger partial charge is 0.465 e. The highest BCUT2D eigenvalue weighted by molar-refractivity contribution is 6.33. The van der Waals surface area contributed by atoms with E-state index in [-0.39, 0.29) is 23.1 Å². The van der Waals surface area contributed by atoms with E-state index in [1.165, 1.54) is 11.1 Å². The van der Waals surface area contributed by atoms with Crippen LogP contribution in [0.25, 0.3) is 0 Å². The number of hydrogen-bond acceptors (Lipinski definition) is 5. The molecule has 1 unspecified atom stereocenters. The van der Waals surface area contributed by atoms with Crippen LogP contribution in [-0.2, 0) is 0 Å². The minimum absolute atomic E-state index is 0.0489. The summed E-state index contributed by atoms with van der Waals surface area (Å²) in [5, 5.41) is 27.1. The molecular weight excluding hydrogens is 378 g/mol. The lowest BCUT2D eigenvalue weighted by atomic mass is 9.89. The second kappa shape index (κ2) is 8.03. The van der Waals surface area contributed by atoms with Gasteiger partial charge >= 0.3 is 12.2 Å². The normalized spacial score (nSPS) is 25.2. The Morgan fingerprint density at radius 1 is 1.22 bits per heavy atom. The number of carbonyl (C=O) groups is 2. The number of anilines is 1. The van der Waals surface area contributed by atoms with Crippen LogP contribution in [0.15, 0.2) is 11.0 Å². The van der Waals surface area contributed by atoms with E-state index in [0.29, 0.717) is 50.9 Å². The summed E-state index contributed by atoms with van der Waals surface area (Å²) in [5.41, 5.74) is 0.0274. The molecule has 2 amide bonds. The Morgan fingerprint density at radius 3 is 2.56 bits per heavy atom. The SMILES string of the molecule is O=C(O)NC1CCC(N(C(=O)O)C2CCN(c3cn[nH]c(=O)c3Cl)C2)CC1. The monoisotopic (exact) mass is 399 g/mol. The number of aromatic amines is 1. The Bertz CT molecular complexity index is 764. The first kappa shape index (κ1) is 19.3. The highest BCUT2D eigenvalue weighted by Gasteiger charge is 2.37. The van der Waals surface area contributed by atoms with Gasteiger partial charge in [0.25, 0.3) is 5.56 Å². The van der Waals surface area contributed by atoms with Crippen LogP contribution in [0.4, 0.5) is 15.3 Å². The van der Waals surface area contributed by atoms with Crippen LogP contribution in [0.5, 0.6) is 0 Å². The van der Waals surface area contributed by atoms with Gasteiger partial charge in [-0.2, -0.15) is 5.10 Å². The third-order valence-electron chi connectivity index (χ3n) is 5.31. The molecule has 1 aliphatic carbocycles. The van der Waals surface area contributed by atoms with Crippen molar-refractivity contribution in [2.45, 2.75) is 50.2 Å². The Labute approximate surface area is 160 Å². The van der Waals surface area contributed by atoms with Gasteiger partial charge in [0.2, 0.25) is 0 Å². The van der Waals surface area contributed by atoms with Crippen LogP contribution in [0, 0.1) is 0 Å². The molecule has 10 nitrogen and oxygen atoms in total. The van der Waals surface area contributed by atoms with Crippen molar-refractivity contribution in [3.63, 3.8) is 0 Å². The summed E-state index contributed by atoms with van der Waals surface area (Å²) in [6.07, 6.45) is 2.52. The molecule has 1 aromatic rings. The Morgan fingerprint density at radius 2 is 1.93 bits per heavy atom. The highest BCUT2D eigenvalue weighted by Crippen LogP contribution is 2.31. The van der Waals surface area contributed by atoms with Crippen molar-refractivity contribution in [1.29, 1.82) is 0 Å². The van der Waals surface area contributed by atoms with E-state index in [9.17, 15) is 19.5 Å². The summed E-state index contributed by atoms with van der Waals surface area (Å²) >= 11 is 6.06. The Kier molecular flexibility index (Phi) is 5.73. The Hall–Kier alpha value is -2.49. The van der Waals surface area contributed by atoms with Crippen LogP contribution in [0.3, 0.4) is 0 Å². The minimum Gasteiger partial charge on any atom is -0.465 e. The molecule has 3 rings (SSSR count). The van der Waals surface area contributed by atoms with E-state index in [0.717, 1.165) is 0 Å². The molecular formula is C16H22ClN5O5. The van der Waals surface area contributed by atoms with Gasteiger partial charge in [-0.1, -0.05) is 11.6 Å². The average Bonchev–Trinajstić information content (AvgIpc) is 3.07. The van der Waals surface area contributed by atoms with Crippen molar-refractivity contribution in [3.8, 4) is 0 Å². The summed E-state index contributed by atoms with van der Waals surface area (Å²) in [4.78, 5) is 37.7. The van der Waals surface area contributed by atoms with Crippen molar-refractivity contribution in [2.24, 2.45) is 0 Å². The lowest BCUT2D eigenvalue weighted by Crippen LogP contribution is -2.50. The summed E-state index contributed by atoms with van der Waals surface area (Å²) in [7, 11) is 0. The van der Waals surface area contributed by atoms with Gasteiger partial charge in [0.15, 0.2) is 0 Å². The molecule has 1 saturated heterocycles. The fourth-order valence-electron chi connectivity index (χ4n) is 4.07. The fraction of sp³-hybridized carbons (Fsp3) is 0.625. The molecule has 27 heavy (non-hydrogen) atoms. The molecule has 0 bridgehead atoms. The van der Waals surface area contributed by atoms with Crippen molar-refractivity contribution >= 4 is 29.5 Å². The number of H-pyrrole nitrogens is 1. The molecule has 2 fully saturated rings. The number of nitrogens with zero attached hydrogens (tertiary/aromatic N) is 3. The molecule has 11 heteroatoms. The molecule has 1 saturated carbocycles. The molecule has 148 valence electrons. The third-order valence-corrected chi connectivity index (χ3v) is 5.68. The van der Waals surface area contributed by atoms with E-state index in [1.54, 1.807) is 0 Å². The van der Waals surface area contributed by atoms with Crippen LogP contribution in [-0.4, -0.2) is 68.7 Å². The van der Waals surface area contributed by atoms with Gasteiger partial charge in [-0.15, -0.1) is 0 Å². The lowest BCUT2D eigenvalue weighted by molar-refractivity contribution is 0.0841. The van der Waals surface area contributed by atoms with E-state index < -0.39 is 17.7 Å². The van der Waals surface area contributed by atoms with Crippen molar-refractivity contribution in [3.05, 3.63) is 21.6 Å². The molecule has 1 aliphatic heterocycles. The summed E-state index contributed by atoms with van der Waals surface area (Å²) in [5.74, 6) is 0. The predicted molar refractivity (Wildman–Crippen MR) is 97.6 cm³/mol. The first-order chi connectivity index (χ1) is 12.9. The second-order valence-corrected chi connectivity index (χ2v) is 7.31. The number of nitrogens with one attached hydrogen (secondary N) is 2.